The monoisotopic (exact) mass is 294 g/mol. The molecule has 1 aromatic rings. The highest BCUT2D eigenvalue weighted by Crippen LogP contribution is 2.16. The molecule has 1 heterocycles. The molecule has 0 saturated carbocycles. The van der Waals surface area contributed by atoms with Crippen LogP contribution in [0.25, 0.3) is 0 Å². The largest absolute Gasteiger partial charge is 0.382 e. The minimum absolute atomic E-state index is 0.169. The van der Waals surface area contributed by atoms with Gasteiger partial charge in [0.15, 0.2) is 5.69 Å². The summed E-state index contributed by atoms with van der Waals surface area (Å²) in [4.78, 5) is 21.1. The number of carbonyl (C=O) groups is 1. The van der Waals surface area contributed by atoms with Gasteiger partial charge in [-0.25, -0.2) is 9.97 Å². The summed E-state index contributed by atoms with van der Waals surface area (Å²) >= 11 is 0. The van der Waals surface area contributed by atoms with E-state index in [2.05, 4.69) is 20.6 Å². The third kappa shape index (κ3) is 4.97. The smallest absolute Gasteiger partial charge is 0.272 e. The van der Waals surface area contributed by atoms with Gasteiger partial charge in [-0.2, -0.15) is 0 Å². The van der Waals surface area contributed by atoms with Crippen molar-refractivity contribution in [3.8, 4) is 0 Å². The first-order valence-corrected chi connectivity index (χ1v) is 7.25. The average Bonchev–Trinajstić information content (AvgIpc) is 2.45. The molecule has 0 saturated heterocycles. The highest BCUT2D eigenvalue weighted by molar-refractivity contribution is 5.97. The third-order valence-corrected chi connectivity index (χ3v) is 3.13. The van der Waals surface area contributed by atoms with E-state index in [1.54, 1.807) is 13.3 Å². The Kier molecular flexibility index (Phi) is 6.08. The number of nitrogens with one attached hydrogen (secondary N) is 2. The standard InChI is InChI=1S/C15H26N4O2/c1-7-16-11-8-17-13(10(2)3)19-12(11)14(20)18-9-15(4,5)21-6/h8,10,16H,7,9H2,1-6H3,(H,18,20). The Labute approximate surface area is 126 Å². The van der Waals surface area contributed by atoms with E-state index in [9.17, 15) is 4.79 Å². The molecule has 0 fully saturated rings. The molecule has 1 amide bonds. The topological polar surface area (TPSA) is 76.1 Å². The zero-order valence-electron chi connectivity index (χ0n) is 13.8. The number of nitrogens with zero attached hydrogens (tertiary/aromatic N) is 2. The number of aromatic nitrogens is 2. The quantitative estimate of drug-likeness (QED) is 0.806. The average molecular weight is 294 g/mol. The van der Waals surface area contributed by atoms with Crippen molar-refractivity contribution >= 4 is 11.6 Å². The third-order valence-electron chi connectivity index (χ3n) is 3.13. The predicted molar refractivity (Wildman–Crippen MR) is 83.7 cm³/mol. The Morgan fingerprint density at radius 2 is 2.10 bits per heavy atom. The summed E-state index contributed by atoms with van der Waals surface area (Å²) in [7, 11) is 1.62. The van der Waals surface area contributed by atoms with Crippen molar-refractivity contribution in [2.24, 2.45) is 0 Å². The number of rotatable bonds is 7. The van der Waals surface area contributed by atoms with Gasteiger partial charge in [-0.3, -0.25) is 4.79 Å². The van der Waals surface area contributed by atoms with Crippen LogP contribution in [-0.4, -0.2) is 41.7 Å². The van der Waals surface area contributed by atoms with Crippen molar-refractivity contribution < 1.29 is 9.53 Å². The number of hydrogen-bond donors (Lipinski definition) is 2. The minimum Gasteiger partial charge on any atom is -0.382 e. The lowest BCUT2D eigenvalue weighted by Gasteiger charge is -2.23. The molecule has 0 aliphatic carbocycles. The van der Waals surface area contributed by atoms with Crippen LogP contribution in [0.1, 0.15) is 56.8 Å². The molecule has 0 atom stereocenters. The van der Waals surface area contributed by atoms with Crippen LogP contribution in [-0.2, 0) is 4.74 Å². The van der Waals surface area contributed by atoms with E-state index < -0.39 is 5.60 Å². The van der Waals surface area contributed by atoms with E-state index in [1.165, 1.54) is 0 Å². The van der Waals surface area contributed by atoms with Crippen LogP contribution in [0.2, 0.25) is 0 Å². The van der Waals surface area contributed by atoms with E-state index in [1.807, 2.05) is 34.6 Å². The first-order valence-electron chi connectivity index (χ1n) is 7.25. The number of ether oxygens (including phenoxy) is 1. The van der Waals surface area contributed by atoms with Crippen LogP contribution in [0, 0.1) is 0 Å². The Balaban J connectivity index is 2.96. The molecule has 0 aliphatic rings. The van der Waals surface area contributed by atoms with Crippen molar-refractivity contribution in [3.63, 3.8) is 0 Å². The molecular weight excluding hydrogens is 268 g/mol. The molecule has 0 radical (unpaired) electrons. The zero-order chi connectivity index (χ0) is 16.0. The fourth-order valence-corrected chi connectivity index (χ4v) is 1.62. The van der Waals surface area contributed by atoms with Gasteiger partial charge in [-0.15, -0.1) is 0 Å². The Morgan fingerprint density at radius 3 is 2.62 bits per heavy atom. The number of methoxy groups -OCH3 is 1. The van der Waals surface area contributed by atoms with Crippen LogP contribution in [0.4, 0.5) is 5.69 Å². The van der Waals surface area contributed by atoms with Gasteiger partial charge >= 0.3 is 0 Å². The fraction of sp³-hybridized carbons (Fsp3) is 0.667. The molecule has 0 bridgehead atoms. The van der Waals surface area contributed by atoms with Crippen molar-refractivity contribution in [2.45, 2.75) is 46.1 Å². The van der Waals surface area contributed by atoms with E-state index >= 15 is 0 Å². The van der Waals surface area contributed by atoms with Gasteiger partial charge < -0.3 is 15.4 Å². The Morgan fingerprint density at radius 1 is 1.43 bits per heavy atom. The lowest BCUT2D eigenvalue weighted by Crippen LogP contribution is -2.40. The van der Waals surface area contributed by atoms with E-state index in [4.69, 9.17) is 4.74 Å². The summed E-state index contributed by atoms with van der Waals surface area (Å²) < 4.78 is 5.30. The van der Waals surface area contributed by atoms with Gasteiger partial charge in [0.1, 0.15) is 5.82 Å². The van der Waals surface area contributed by atoms with Crippen molar-refractivity contribution in [3.05, 3.63) is 17.7 Å². The number of hydrogen-bond acceptors (Lipinski definition) is 5. The zero-order valence-corrected chi connectivity index (χ0v) is 13.8. The van der Waals surface area contributed by atoms with Gasteiger partial charge in [-0.1, -0.05) is 13.8 Å². The minimum atomic E-state index is -0.415. The molecule has 21 heavy (non-hydrogen) atoms. The molecule has 6 nitrogen and oxygen atoms in total. The molecule has 0 aromatic carbocycles. The molecule has 1 rings (SSSR count). The van der Waals surface area contributed by atoms with Crippen LogP contribution < -0.4 is 10.6 Å². The first-order chi connectivity index (χ1) is 9.80. The van der Waals surface area contributed by atoms with Crippen LogP contribution in [0.5, 0.6) is 0 Å². The maximum absolute atomic E-state index is 12.4. The summed E-state index contributed by atoms with van der Waals surface area (Å²) in [5.74, 6) is 0.607. The molecule has 6 heteroatoms. The summed E-state index contributed by atoms with van der Waals surface area (Å²) in [5.41, 5.74) is 0.610. The maximum atomic E-state index is 12.4. The summed E-state index contributed by atoms with van der Waals surface area (Å²) in [5, 5.41) is 5.98. The second kappa shape index (κ2) is 7.36. The molecule has 0 unspecified atom stereocenters. The van der Waals surface area contributed by atoms with Gasteiger partial charge in [0.05, 0.1) is 17.5 Å². The summed E-state index contributed by atoms with van der Waals surface area (Å²) in [6, 6.07) is 0. The normalized spacial score (nSPS) is 11.6. The van der Waals surface area contributed by atoms with Crippen molar-refractivity contribution in [1.29, 1.82) is 0 Å². The van der Waals surface area contributed by atoms with Crippen molar-refractivity contribution in [2.75, 3.05) is 25.5 Å². The number of anilines is 1. The first kappa shape index (κ1) is 17.4. The molecule has 118 valence electrons. The SMILES string of the molecule is CCNc1cnc(C(C)C)nc1C(=O)NCC(C)(C)OC. The van der Waals surface area contributed by atoms with E-state index in [0.29, 0.717) is 30.3 Å². The summed E-state index contributed by atoms with van der Waals surface area (Å²) in [6.45, 7) is 10.9. The highest BCUT2D eigenvalue weighted by atomic mass is 16.5. The van der Waals surface area contributed by atoms with Gasteiger partial charge in [0.2, 0.25) is 0 Å². The van der Waals surface area contributed by atoms with Gasteiger partial charge in [0, 0.05) is 26.1 Å². The highest BCUT2D eigenvalue weighted by Gasteiger charge is 2.21. The lowest BCUT2D eigenvalue weighted by atomic mass is 10.1. The second-order valence-electron chi connectivity index (χ2n) is 5.82. The van der Waals surface area contributed by atoms with E-state index in [0.717, 1.165) is 0 Å². The molecular formula is C15H26N4O2. The van der Waals surface area contributed by atoms with E-state index in [-0.39, 0.29) is 11.8 Å². The van der Waals surface area contributed by atoms with Gasteiger partial charge in [0.25, 0.3) is 5.91 Å². The van der Waals surface area contributed by atoms with Crippen LogP contribution in [0.15, 0.2) is 6.20 Å². The Hall–Kier alpha value is -1.69. The van der Waals surface area contributed by atoms with Crippen LogP contribution >= 0.6 is 0 Å². The van der Waals surface area contributed by atoms with Crippen molar-refractivity contribution in [1.82, 2.24) is 15.3 Å². The molecule has 1 aromatic heterocycles. The maximum Gasteiger partial charge on any atom is 0.272 e. The van der Waals surface area contributed by atoms with Crippen LogP contribution in [0.3, 0.4) is 0 Å². The van der Waals surface area contributed by atoms with Gasteiger partial charge in [-0.05, 0) is 20.8 Å². The number of amides is 1. The predicted octanol–water partition coefficient (Wildman–Crippen LogP) is 2.19. The lowest BCUT2D eigenvalue weighted by molar-refractivity contribution is 0.0228. The molecule has 2 N–H and O–H groups in total. The summed E-state index contributed by atoms with van der Waals surface area (Å²) in [6.07, 6.45) is 1.67. The fourth-order valence-electron chi connectivity index (χ4n) is 1.62. The molecule has 0 spiro atoms. The number of carbonyl (C=O) groups excluding carboxylic acids is 1. The Bertz CT molecular complexity index is 487. The molecule has 0 aliphatic heterocycles. The second-order valence-corrected chi connectivity index (χ2v) is 5.82.